The summed E-state index contributed by atoms with van der Waals surface area (Å²) in [5.41, 5.74) is 1.20. The van der Waals surface area contributed by atoms with Gasteiger partial charge in [0.05, 0.1) is 28.8 Å². The lowest BCUT2D eigenvalue weighted by molar-refractivity contribution is 0.0576. The lowest BCUT2D eigenvalue weighted by Gasteiger charge is -2.23. The molecule has 1 aromatic carbocycles. The van der Waals surface area contributed by atoms with Crippen molar-refractivity contribution in [3.8, 4) is 0 Å². The minimum atomic E-state index is -1.03. The molecule has 1 aliphatic rings. The van der Waals surface area contributed by atoms with Crippen molar-refractivity contribution >= 4 is 10.8 Å². The maximum atomic E-state index is 12.8. The van der Waals surface area contributed by atoms with Crippen molar-refractivity contribution in [3.05, 3.63) is 42.0 Å². The Morgan fingerprint density at radius 3 is 2.75 bits per heavy atom. The monoisotopic (exact) mass is 292 g/mol. The highest BCUT2D eigenvalue weighted by Gasteiger charge is 2.27. The minimum absolute atomic E-state index is 0.0215. The SMILES string of the molecule is CCCC[C@@H]1OCCC=C[C@@H]1S(=O)c1ccc(C)cc1. The van der Waals surface area contributed by atoms with Gasteiger partial charge in [-0.2, -0.15) is 0 Å². The van der Waals surface area contributed by atoms with Gasteiger partial charge in [-0.3, -0.25) is 4.21 Å². The summed E-state index contributed by atoms with van der Waals surface area (Å²) >= 11 is 0. The molecule has 1 unspecified atom stereocenters. The zero-order valence-electron chi connectivity index (χ0n) is 12.4. The van der Waals surface area contributed by atoms with Crippen molar-refractivity contribution in [3.63, 3.8) is 0 Å². The molecular weight excluding hydrogens is 268 g/mol. The van der Waals surface area contributed by atoms with E-state index in [1.807, 2.05) is 31.2 Å². The van der Waals surface area contributed by atoms with E-state index in [1.54, 1.807) is 0 Å². The predicted molar refractivity (Wildman–Crippen MR) is 84.4 cm³/mol. The summed E-state index contributed by atoms with van der Waals surface area (Å²) < 4.78 is 18.7. The molecular formula is C17H24O2S. The quantitative estimate of drug-likeness (QED) is 0.767. The van der Waals surface area contributed by atoms with Crippen LogP contribution in [0, 0.1) is 6.92 Å². The lowest BCUT2D eigenvalue weighted by atomic mass is 10.1. The van der Waals surface area contributed by atoms with E-state index in [2.05, 4.69) is 19.1 Å². The molecule has 2 rings (SSSR count). The molecule has 0 aliphatic carbocycles. The van der Waals surface area contributed by atoms with Gasteiger partial charge in [-0.25, -0.2) is 0 Å². The van der Waals surface area contributed by atoms with Gasteiger partial charge in [0.25, 0.3) is 0 Å². The highest BCUT2D eigenvalue weighted by Crippen LogP contribution is 2.23. The van der Waals surface area contributed by atoms with Gasteiger partial charge in [-0.1, -0.05) is 49.6 Å². The van der Waals surface area contributed by atoms with E-state index in [1.165, 1.54) is 5.56 Å². The Labute approximate surface area is 124 Å². The number of hydrogen-bond acceptors (Lipinski definition) is 2. The number of unbranched alkanes of at least 4 members (excludes halogenated alkanes) is 1. The van der Waals surface area contributed by atoms with Gasteiger partial charge in [0.15, 0.2) is 0 Å². The molecule has 0 saturated heterocycles. The molecule has 3 heteroatoms. The first kappa shape index (κ1) is 15.5. The summed E-state index contributed by atoms with van der Waals surface area (Å²) in [6.07, 6.45) is 8.48. The highest BCUT2D eigenvalue weighted by molar-refractivity contribution is 7.86. The molecule has 1 heterocycles. The summed E-state index contributed by atoms with van der Waals surface area (Å²) in [5, 5.41) is -0.0215. The van der Waals surface area contributed by atoms with Gasteiger partial charge < -0.3 is 4.74 Å². The van der Waals surface area contributed by atoms with Gasteiger partial charge in [0, 0.05) is 4.90 Å². The van der Waals surface area contributed by atoms with Crippen molar-refractivity contribution in [1.29, 1.82) is 0 Å². The Hall–Kier alpha value is -0.930. The van der Waals surface area contributed by atoms with Crippen molar-refractivity contribution in [2.24, 2.45) is 0 Å². The van der Waals surface area contributed by atoms with Gasteiger partial charge in [0.2, 0.25) is 0 Å². The van der Waals surface area contributed by atoms with Crippen LogP contribution in [0.25, 0.3) is 0 Å². The van der Waals surface area contributed by atoms with Crippen LogP contribution in [0.4, 0.5) is 0 Å². The highest BCUT2D eigenvalue weighted by atomic mass is 32.2. The minimum Gasteiger partial charge on any atom is -0.376 e. The van der Waals surface area contributed by atoms with E-state index >= 15 is 0 Å². The van der Waals surface area contributed by atoms with Crippen LogP contribution in [0.5, 0.6) is 0 Å². The molecule has 0 radical (unpaired) electrons. The van der Waals surface area contributed by atoms with Crippen LogP contribution in [-0.2, 0) is 15.5 Å². The third-order valence-electron chi connectivity index (χ3n) is 3.65. The van der Waals surface area contributed by atoms with E-state index in [-0.39, 0.29) is 11.4 Å². The largest absolute Gasteiger partial charge is 0.376 e. The van der Waals surface area contributed by atoms with Crippen molar-refractivity contribution in [2.75, 3.05) is 6.61 Å². The second kappa shape index (κ2) is 7.75. The Morgan fingerprint density at radius 2 is 2.05 bits per heavy atom. The molecule has 0 fully saturated rings. The molecule has 0 spiro atoms. The Balaban J connectivity index is 2.16. The van der Waals surface area contributed by atoms with Crippen LogP contribution in [0.3, 0.4) is 0 Å². The Kier molecular flexibility index (Phi) is 5.99. The fourth-order valence-corrected chi connectivity index (χ4v) is 3.89. The van der Waals surface area contributed by atoms with Crippen LogP contribution in [0.15, 0.2) is 41.3 Å². The lowest BCUT2D eigenvalue weighted by Crippen LogP contribution is -2.30. The average Bonchev–Trinajstić information content (AvgIpc) is 2.70. The maximum absolute atomic E-state index is 12.8. The zero-order valence-corrected chi connectivity index (χ0v) is 13.2. The topological polar surface area (TPSA) is 26.3 Å². The summed E-state index contributed by atoms with van der Waals surface area (Å²) in [6, 6.07) is 7.99. The van der Waals surface area contributed by atoms with Crippen LogP contribution in [-0.4, -0.2) is 22.2 Å². The molecule has 0 bridgehead atoms. The molecule has 3 atom stereocenters. The zero-order chi connectivity index (χ0) is 14.4. The Bertz CT molecular complexity index is 464. The van der Waals surface area contributed by atoms with Crippen molar-refractivity contribution in [2.45, 2.75) is 55.8 Å². The molecule has 0 amide bonds. The summed E-state index contributed by atoms with van der Waals surface area (Å²) in [4.78, 5) is 0.900. The number of aryl methyl sites for hydroxylation is 1. The van der Waals surface area contributed by atoms with Crippen LogP contribution >= 0.6 is 0 Å². The third-order valence-corrected chi connectivity index (χ3v) is 5.34. The molecule has 1 aromatic rings. The smallest absolute Gasteiger partial charge is 0.0836 e. The summed E-state index contributed by atoms with van der Waals surface area (Å²) in [5.74, 6) is 0. The average molecular weight is 292 g/mol. The van der Waals surface area contributed by atoms with Crippen LogP contribution in [0.1, 0.15) is 38.2 Å². The van der Waals surface area contributed by atoms with Gasteiger partial charge in [0.1, 0.15) is 0 Å². The molecule has 110 valence electrons. The van der Waals surface area contributed by atoms with E-state index in [9.17, 15) is 4.21 Å². The van der Waals surface area contributed by atoms with E-state index < -0.39 is 10.8 Å². The fraction of sp³-hybridized carbons (Fsp3) is 0.529. The first-order chi connectivity index (χ1) is 9.72. The Morgan fingerprint density at radius 1 is 1.30 bits per heavy atom. The second-order valence-electron chi connectivity index (χ2n) is 5.34. The molecule has 2 nitrogen and oxygen atoms in total. The fourth-order valence-electron chi connectivity index (χ4n) is 2.43. The van der Waals surface area contributed by atoms with E-state index in [0.29, 0.717) is 0 Å². The maximum Gasteiger partial charge on any atom is 0.0836 e. The molecule has 0 N–H and O–H groups in total. The first-order valence-corrected chi connectivity index (χ1v) is 8.69. The molecule has 1 aliphatic heterocycles. The van der Waals surface area contributed by atoms with Gasteiger partial charge in [-0.15, -0.1) is 0 Å². The van der Waals surface area contributed by atoms with Crippen molar-refractivity contribution in [1.82, 2.24) is 0 Å². The molecule has 0 saturated carbocycles. The first-order valence-electron chi connectivity index (χ1n) is 7.48. The van der Waals surface area contributed by atoms with Crippen LogP contribution in [0.2, 0.25) is 0 Å². The summed E-state index contributed by atoms with van der Waals surface area (Å²) in [7, 11) is -1.03. The van der Waals surface area contributed by atoms with Gasteiger partial charge >= 0.3 is 0 Å². The van der Waals surface area contributed by atoms with Crippen molar-refractivity contribution < 1.29 is 8.95 Å². The normalized spacial score (nSPS) is 24.3. The standard InChI is InChI=1S/C17H24O2S/c1-3-4-7-16-17(8-5-6-13-19-16)20(18)15-11-9-14(2)10-12-15/h5,8-12,16-17H,3-4,6-7,13H2,1-2H3/t16-,17-,20?/m0/s1. The third kappa shape index (κ3) is 4.03. The second-order valence-corrected chi connectivity index (χ2v) is 6.95. The molecule has 20 heavy (non-hydrogen) atoms. The van der Waals surface area contributed by atoms with E-state index in [4.69, 9.17) is 4.74 Å². The number of rotatable bonds is 5. The predicted octanol–water partition coefficient (Wildman–Crippen LogP) is 4.01. The molecule has 0 aromatic heterocycles. The number of benzene rings is 1. The van der Waals surface area contributed by atoms with Gasteiger partial charge in [-0.05, 0) is 31.9 Å². The number of ether oxygens (including phenoxy) is 1. The van der Waals surface area contributed by atoms with Crippen LogP contribution < -0.4 is 0 Å². The van der Waals surface area contributed by atoms with E-state index in [0.717, 1.165) is 37.2 Å². The summed E-state index contributed by atoms with van der Waals surface area (Å²) in [6.45, 7) is 4.97. The number of hydrogen-bond donors (Lipinski definition) is 0.